The highest BCUT2D eigenvalue weighted by Gasteiger charge is 2.26. The van der Waals surface area contributed by atoms with Crippen molar-refractivity contribution < 1.29 is 18.7 Å². The molecule has 1 aromatic carbocycles. The zero-order valence-electron chi connectivity index (χ0n) is 14.7. The average molecular weight is 371 g/mol. The molecular formula is C16H23ClN4O4. The number of hydrogen-bond donors (Lipinski definition) is 1. The number of halogens is 1. The summed E-state index contributed by atoms with van der Waals surface area (Å²) in [4.78, 5) is 6.76. The van der Waals surface area contributed by atoms with E-state index in [9.17, 15) is 0 Å². The van der Waals surface area contributed by atoms with Gasteiger partial charge in [0.1, 0.15) is 5.75 Å². The summed E-state index contributed by atoms with van der Waals surface area (Å²) < 4.78 is 21.6. The van der Waals surface area contributed by atoms with E-state index in [0.717, 1.165) is 19.6 Å². The lowest BCUT2D eigenvalue weighted by molar-refractivity contribution is 0.190. The van der Waals surface area contributed by atoms with Crippen molar-refractivity contribution >= 4 is 12.4 Å². The largest absolute Gasteiger partial charge is 0.496 e. The second-order valence-electron chi connectivity index (χ2n) is 5.57. The molecule has 1 unspecified atom stereocenters. The molecule has 1 aromatic heterocycles. The van der Waals surface area contributed by atoms with Crippen LogP contribution in [-0.4, -0.2) is 63.1 Å². The SMILES string of the molecule is COc1cc(OC)c(-c2nc(C3CNCCN3C)no2)cc1OC.Cl. The summed E-state index contributed by atoms with van der Waals surface area (Å²) in [5, 5.41) is 7.49. The highest BCUT2D eigenvalue weighted by atomic mass is 35.5. The van der Waals surface area contributed by atoms with Gasteiger partial charge >= 0.3 is 0 Å². The Bertz CT molecular complexity index is 709. The van der Waals surface area contributed by atoms with Crippen LogP contribution in [0.4, 0.5) is 0 Å². The van der Waals surface area contributed by atoms with E-state index in [0.29, 0.717) is 34.5 Å². The van der Waals surface area contributed by atoms with Crippen molar-refractivity contribution in [3.8, 4) is 28.7 Å². The van der Waals surface area contributed by atoms with Crippen LogP contribution in [-0.2, 0) is 0 Å². The van der Waals surface area contributed by atoms with Gasteiger partial charge in [0.05, 0.1) is 32.9 Å². The molecule has 2 heterocycles. The lowest BCUT2D eigenvalue weighted by Gasteiger charge is -2.30. The number of hydrogen-bond acceptors (Lipinski definition) is 8. The monoisotopic (exact) mass is 370 g/mol. The number of piperazine rings is 1. The Hall–Kier alpha value is -2.03. The first-order valence-electron chi connectivity index (χ1n) is 7.73. The van der Waals surface area contributed by atoms with Crippen LogP contribution in [0.3, 0.4) is 0 Å². The predicted octanol–water partition coefficient (Wildman–Crippen LogP) is 1.76. The van der Waals surface area contributed by atoms with Crippen molar-refractivity contribution in [2.24, 2.45) is 0 Å². The molecule has 3 rings (SSSR count). The van der Waals surface area contributed by atoms with E-state index in [2.05, 4.69) is 27.4 Å². The molecule has 138 valence electrons. The number of likely N-dealkylation sites (N-methyl/N-ethyl adjacent to an activating group) is 1. The van der Waals surface area contributed by atoms with E-state index in [1.807, 2.05) is 0 Å². The van der Waals surface area contributed by atoms with Gasteiger partial charge in [-0.15, -0.1) is 12.4 Å². The highest BCUT2D eigenvalue weighted by Crippen LogP contribution is 2.39. The van der Waals surface area contributed by atoms with Crippen molar-refractivity contribution in [1.29, 1.82) is 0 Å². The first-order valence-corrected chi connectivity index (χ1v) is 7.73. The standard InChI is InChI=1S/C16H22N4O4.ClH/c1-20-6-5-17-9-11(20)15-18-16(24-19-15)10-7-13(22-3)14(23-4)8-12(10)21-2;/h7-8,11,17H,5-6,9H2,1-4H3;1H. The molecule has 1 N–H and O–H groups in total. The zero-order valence-corrected chi connectivity index (χ0v) is 15.6. The Labute approximate surface area is 152 Å². The summed E-state index contributed by atoms with van der Waals surface area (Å²) in [6, 6.07) is 3.60. The third-order valence-corrected chi connectivity index (χ3v) is 4.19. The number of benzene rings is 1. The van der Waals surface area contributed by atoms with Crippen LogP contribution in [0.5, 0.6) is 17.2 Å². The maximum Gasteiger partial charge on any atom is 0.261 e. The molecule has 9 heteroatoms. The van der Waals surface area contributed by atoms with Gasteiger partial charge in [-0.05, 0) is 7.05 Å². The quantitative estimate of drug-likeness (QED) is 0.852. The van der Waals surface area contributed by atoms with Gasteiger partial charge in [0.15, 0.2) is 17.3 Å². The van der Waals surface area contributed by atoms with Gasteiger partial charge in [0.25, 0.3) is 5.89 Å². The van der Waals surface area contributed by atoms with Gasteiger partial charge < -0.3 is 24.1 Å². The van der Waals surface area contributed by atoms with Crippen molar-refractivity contribution in [1.82, 2.24) is 20.4 Å². The van der Waals surface area contributed by atoms with Crippen LogP contribution in [0.15, 0.2) is 16.7 Å². The van der Waals surface area contributed by atoms with Gasteiger partial charge in [-0.2, -0.15) is 4.98 Å². The predicted molar refractivity (Wildman–Crippen MR) is 94.9 cm³/mol. The zero-order chi connectivity index (χ0) is 17.1. The lowest BCUT2D eigenvalue weighted by atomic mass is 10.1. The number of ether oxygens (including phenoxy) is 3. The van der Waals surface area contributed by atoms with Crippen LogP contribution in [0, 0.1) is 0 Å². The van der Waals surface area contributed by atoms with E-state index in [1.54, 1.807) is 33.5 Å². The maximum absolute atomic E-state index is 5.48. The van der Waals surface area contributed by atoms with Crippen molar-refractivity contribution in [2.45, 2.75) is 6.04 Å². The summed E-state index contributed by atoms with van der Waals surface area (Å²) in [6.07, 6.45) is 0. The fourth-order valence-electron chi connectivity index (χ4n) is 2.77. The van der Waals surface area contributed by atoms with Gasteiger partial charge in [-0.3, -0.25) is 4.90 Å². The van der Waals surface area contributed by atoms with Crippen LogP contribution in [0.2, 0.25) is 0 Å². The molecule has 8 nitrogen and oxygen atoms in total. The van der Waals surface area contributed by atoms with Gasteiger partial charge in [0, 0.05) is 31.8 Å². The molecule has 1 aliphatic rings. The van der Waals surface area contributed by atoms with Gasteiger partial charge in [-0.1, -0.05) is 5.16 Å². The Kier molecular flexibility index (Phi) is 6.46. The Morgan fingerprint density at radius 2 is 1.80 bits per heavy atom. The molecule has 1 atom stereocenters. The van der Waals surface area contributed by atoms with Crippen molar-refractivity contribution in [3.63, 3.8) is 0 Å². The van der Waals surface area contributed by atoms with Gasteiger partial charge in [-0.25, -0.2) is 0 Å². The van der Waals surface area contributed by atoms with Crippen molar-refractivity contribution in [3.05, 3.63) is 18.0 Å². The average Bonchev–Trinajstić information content (AvgIpc) is 3.10. The second kappa shape index (κ2) is 8.37. The molecular weight excluding hydrogens is 348 g/mol. The minimum atomic E-state index is 0. The van der Waals surface area contributed by atoms with E-state index in [-0.39, 0.29) is 18.4 Å². The third kappa shape index (κ3) is 3.81. The minimum Gasteiger partial charge on any atom is -0.496 e. The number of nitrogens with one attached hydrogen (secondary N) is 1. The Balaban J connectivity index is 0.00000225. The second-order valence-corrected chi connectivity index (χ2v) is 5.57. The molecule has 0 amide bonds. The van der Waals surface area contributed by atoms with Crippen LogP contribution in [0.25, 0.3) is 11.5 Å². The molecule has 0 spiro atoms. The summed E-state index contributed by atoms with van der Waals surface area (Å²) in [5.74, 6) is 2.77. The fourth-order valence-corrected chi connectivity index (χ4v) is 2.77. The van der Waals surface area contributed by atoms with Crippen LogP contribution >= 0.6 is 12.4 Å². The fraction of sp³-hybridized carbons (Fsp3) is 0.500. The summed E-state index contributed by atoms with van der Waals surface area (Å²) in [7, 11) is 6.79. The number of aromatic nitrogens is 2. The Morgan fingerprint density at radius 3 is 2.44 bits per heavy atom. The van der Waals surface area contributed by atoms with E-state index in [1.165, 1.54) is 0 Å². The normalized spacial score (nSPS) is 17.7. The van der Waals surface area contributed by atoms with E-state index >= 15 is 0 Å². The van der Waals surface area contributed by atoms with Crippen LogP contribution in [0.1, 0.15) is 11.9 Å². The molecule has 0 radical (unpaired) electrons. The van der Waals surface area contributed by atoms with Gasteiger partial charge in [0.2, 0.25) is 0 Å². The molecule has 1 saturated heterocycles. The molecule has 2 aromatic rings. The molecule has 0 saturated carbocycles. The number of methoxy groups -OCH3 is 3. The lowest BCUT2D eigenvalue weighted by Crippen LogP contribution is -2.44. The third-order valence-electron chi connectivity index (χ3n) is 4.19. The first kappa shape index (κ1) is 19.3. The summed E-state index contributed by atoms with van der Waals surface area (Å²) in [5.41, 5.74) is 0.667. The maximum atomic E-state index is 5.48. The topological polar surface area (TPSA) is 81.9 Å². The first-order chi connectivity index (χ1) is 11.7. The Morgan fingerprint density at radius 1 is 1.12 bits per heavy atom. The minimum absolute atomic E-state index is 0. The highest BCUT2D eigenvalue weighted by molar-refractivity contribution is 5.85. The molecule has 1 fully saturated rings. The number of nitrogens with zero attached hydrogens (tertiary/aromatic N) is 3. The molecule has 0 aliphatic carbocycles. The molecule has 1 aliphatic heterocycles. The summed E-state index contributed by atoms with van der Waals surface area (Å²) >= 11 is 0. The smallest absolute Gasteiger partial charge is 0.261 e. The van der Waals surface area contributed by atoms with Crippen molar-refractivity contribution in [2.75, 3.05) is 48.0 Å². The van der Waals surface area contributed by atoms with E-state index < -0.39 is 0 Å². The van der Waals surface area contributed by atoms with E-state index in [4.69, 9.17) is 18.7 Å². The van der Waals surface area contributed by atoms with Crippen LogP contribution < -0.4 is 19.5 Å². The molecule has 0 bridgehead atoms. The molecule has 25 heavy (non-hydrogen) atoms. The summed E-state index contributed by atoms with van der Waals surface area (Å²) in [6.45, 7) is 2.69. The number of rotatable bonds is 5.